The van der Waals surface area contributed by atoms with Crippen LogP contribution >= 0.6 is 11.8 Å². The van der Waals surface area contributed by atoms with Gasteiger partial charge in [-0.25, -0.2) is 4.79 Å². The standard InChI is InChI=1S/C14H19NO3S/c1-3-4-7-19-9-13(16)15-12-8-11(14(17)18)6-5-10(12)2/h5-6,8H,3-4,7,9H2,1-2H3,(H,15,16)(H,17,18). The molecule has 0 aliphatic carbocycles. The van der Waals surface area contributed by atoms with Crippen LogP contribution in [-0.2, 0) is 4.79 Å². The molecule has 0 spiro atoms. The van der Waals surface area contributed by atoms with Crippen LogP contribution in [-0.4, -0.2) is 28.5 Å². The molecule has 0 heterocycles. The van der Waals surface area contributed by atoms with Gasteiger partial charge in [-0.1, -0.05) is 19.4 Å². The van der Waals surface area contributed by atoms with E-state index in [1.807, 2.05) is 6.92 Å². The lowest BCUT2D eigenvalue weighted by Gasteiger charge is -2.09. The molecule has 1 aromatic carbocycles. The summed E-state index contributed by atoms with van der Waals surface area (Å²) in [5.74, 6) is 0.286. The molecule has 0 aliphatic rings. The summed E-state index contributed by atoms with van der Waals surface area (Å²) in [6, 6.07) is 4.72. The van der Waals surface area contributed by atoms with E-state index in [4.69, 9.17) is 5.11 Å². The summed E-state index contributed by atoms with van der Waals surface area (Å²) in [4.78, 5) is 22.6. The summed E-state index contributed by atoms with van der Waals surface area (Å²) in [5, 5.41) is 11.7. The number of unbranched alkanes of at least 4 members (excludes halogenated alkanes) is 1. The molecule has 0 fully saturated rings. The van der Waals surface area contributed by atoms with Crippen molar-refractivity contribution in [1.82, 2.24) is 0 Å². The Morgan fingerprint density at radius 1 is 1.37 bits per heavy atom. The number of aryl methyl sites for hydroxylation is 1. The van der Waals surface area contributed by atoms with Crippen LogP contribution in [0.15, 0.2) is 18.2 Å². The largest absolute Gasteiger partial charge is 0.478 e. The number of anilines is 1. The number of hydrogen-bond acceptors (Lipinski definition) is 3. The highest BCUT2D eigenvalue weighted by molar-refractivity contribution is 7.99. The Labute approximate surface area is 117 Å². The van der Waals surface area contributed by atoms with Crippen LogP contribution < -0.4 is 5.32 Å². The van der Waals surface area contributed by atoms with Gasteiger partial charge in [0.15, 0.2) is 0 Å². The highest BCUT2D eigenvalue weighted by atomic mass is 32.2. The fraction of sp³-hybridized carbons (Fsp3) is 0.429. The van der Waals surface area contributed by atoms with E-state index < -0.39 is 5.97 Å². The quantitative estimate of drug-likeness (QED) is 0.753. The summed E-state index contributed by atoms with van der Waals surface area (Å²) in [6.07, 6.45) is 2.22. The van der Waals surface area contributed by atoms with Gasteiger partial charge in [-0.3, -0.25) is 4.79 Å². The fourth-order valence-corrected chi connectivity index (χ4v) is 2.38. The Morgan fingerprint density at radius 2 is 2.11 bits per heavy atom. The maximum Gasteiger partial charge on any atom is 0.335 e. The summed E-state index contributed by atoms with van der Waals surface area (Å²) >= 11 is 1.59. The van der Waals surface area contributed by atoms with Crippen LogP contribution in [0, 0.1) is 6.92 Å². The highest BCUT2D eigenvalue weighted by Gasteiger charge is 2.09. The number of thioether (sulfide) groups is 1. The Morgan fingerprint density at radius 3 is 2.74 bits per heavy atom. The molecule has 0 aliphatic heterocycles. The third kappa shape index (κ3) is 5.34. The summed E-state index contributed by atoms with van der Waals surface area (Å²) < 4.78 is 0. The zero-order chi connectivity index (χ0) is 14.3. The zero-order valence-electron chi connectivity index (χ0n) is 11.2. The minimum Gasteiger partial charge on any atom is -0.478 e. The monoisotopic (exact) mass is 281 g/mol. The average molecular weight is 281 g/mol. The van der Waals surface area contributed by atoms with Crippen molar-refractivity contribution >= 4 is 29.3 Å². The molecule has 0 aromatic heterocycles. The summed E-state index contributed by atoms with van der Waals surface area (Å²) in [6.45, 7) is 3.95. The summed E-state index contributed by atoms with van der Waals surface area (Å²) in [5.41, 5.74) is 1.61. The lowest BCUT2D eigenvalue weighted by molar-refractivity contribution is -0.113. The Kier molecular flexibility index (Phi) is 6.42. The van der Waals surface area contributed by atoms with Crippen LogP contribution in [0.5, 0.6) is 0 Å². The van der Waals surface area contributed by atoms with E-state index in [9.17, 15) is 9.59 Å². The van der Waals surface area contributed by atoms with Gasteiger partial charge in [-0.15, -0.1) is 0 Å². The molecule has 2 N–H and O–H groups in total. The molecule has 0 unspecified atom stereocenters. The molecule has 104 valence electrons. The van der Waals surface area contributed by atoms with Gasteiger partial charge >= 0.3 is 5.97 Å². The molecule has 0 atom stereocenters. The first-order valence-electron chi connectivity index (χ1n) is 6.26. The van der Waals surface area contributed by atoms with E-state index in [1.54, 1.807) is 17.8 Å². The number of carbonyl (C=O) groups excluding carboxylic acids is 1. The second-order valence-corrected chi connectivity index (χ2v) is 5.39. The van der Waals surface area contributed by atoms with Gasteiger partial charge in [0.2, 0.25) is 5.91 Å². The van der Waals surface area contributed by atoms with Crippen molar-refractivity contribution in [3.05, 3.63) is 29.3 Å². The molecular formula is C14H19NO3S. The maximum atomic E-state index is 11.7. The number of benzene rings is 1. The van der Waals surface area contributed by atoms with Crippen LogP contribution in [0.1, 0.15) is 35.7 Å². The Balaban J connectivity index is 2.58. The number of carboxylic acid groups (broad SMARTS) is 1. The number of rotatable bonds is 7. The van der Waals surface area contributed by atoms with Crippen molar-refractivity contribution in [2.24, 2.45) is 0 Å². The van der Waals surface area contributed by atoms with Crippen molar-refractivity contribution in [2.75, 3.05) is 16.8 Å². The van der Waals surface area contributed by atoms with Crippen LogP contribution in [0.3, 0.4) is 0 Å². The Hall–Kier alpha value is -1.49. The van der Waals surface area contributed by atoms with Gasteiger partial charge in [0.25, 0.3) is 0 Å². The molecule has 4 nitrogen and oxygen atoms in total. The Bertz CT molecular complexity index is 460. The van der Waals surface area contributed by atoms with Crippen molar-refractivity contribution in [3.8, 4) is 0 Å². The van der Waals surface area contributed by atoms with Crippen molar-refractivity contribution in [1.29, 1.82) is 0 Å². The molecule has 1 aromatic rings. The minimum absolute atomic E-state index is 0.0910. The van der Waals surface area contributed by atoms with E-state index in [0.717, 1.165) is 24.2 Å². The van der Waals surface area contributed by atoms with Gasteiger partial charge in [0.1, 0.15) is 0 Å². The van der Waals surface area contributed by atoms with Crippen LogP contribution in [0.2, 0.25) is 0 Å². The predicted octanol–water partition coefficient (Wildman–Crippen LogP) is 3.17. The number of hydrogen-bond donors (Lipinski definition) is 2. The number of nitrogens with one attached hydrogen (secondary N) is 1. The molecule has 19 heavy (non-hydrogen) atoms. The van der Waals surface area contributed by atoms with Gasteiger partial charge in [0.05, 0.1) is 11.3 Å². The van der Waals surface area contributed by atoms with Gasteiger partial charge in [-0.05, 0) is 36.8 Å². The lowest BCUT2D eigenvalue weighted by atomic mass is 10.1. The molecule has 1 amide bonds. The third-order valence-corrected chi connectivity index (χ3v) is 3.68. The summed E-state index contributed by atoms with van der Waals surface area (Å²) in [7, 11) is 0. The van der Waals surface area contributed by atoms with Gasteiger partial charge < -0.3 is 10.4 Å². The van der Waals surface area contributed by atoms with E-state index in [2.05, 4.69) is 12.2 Å². The van der Waals surface area contributed by atoms with Crippen molar-refractivity contribution in [3.63, 3.8) is 0 Å². The molecular weight excluding hydrogens is 262 g/mol. The molecule has 0 radical (unpaired) electrons. The average Bonchev–Trinajstić information content (AvgIpc) is 2.37. The number of amides is 1. The van der Waals surface area contributed by atoms with E-state index in [1.165, 1.54) is 12.1 Å². The van der Waals surface area contributed by atoms with Gasteiger partial charge in [-0.2, -0.15) is 11.8 Å². The molecule has 5 heteroatoms. The molecule has 0 bridgehead atoms. The smallest absolute Gasteiger partial charge is 0.335 e. The minimum atomic E-state index is -0.993. The van der Waals surface area contributed by atoms with Crippen LogP contribution in [0.25, 0.3) is 0 Å². The van der Waals surface area contributed by atoms with E-state index in [0.29, 0.717) is 11.4 Å². The molecule has 0 saturated heterocycles. The highest BCUT2D eigenvalue weighted by Crippen LogP contribution is 2.17. The predicted molar refractivity (Wildman–Crippen MR) is 79.0 cm³/mol. The SMILES string of the molecule is CCCCSCC(=O)Nc1cc(C(=O)O)ccc1C. The van der Waals surface area contributed by atoms with E-state index >= 15 is 0 Å². The number of aromatic carboxylic acids is 1. The first-order chi connectivity index (χ1) is 9.04. The third-order valence-electron chi connectivity index (χ3n) is 2.63. The second-order valence-electron chi connectivity index (χ2n) is 4.29. The zero-order valence-corrected chi connectivity index (χ0v) is 12.0. The van der Waals surface area contributed by atoms with Crippen molar-refractivity contribution in [2.45, 2.75) is 26.7 Å². The lowest BCUT2D eigenvalue weighted by Crippen LogP contribution is -2.15. The van der Waals surface area contributed by atoms with E-state index in [-0.39, 0.29) is 11.5 Å². The number of carboxylic acids is 1. The molecule has 0 saturated carbocycles. The fourth-order valence-electron chi connectivity index (χ4n) is 1.49. The number of carbonyl (C=O) groups is 2. The molecule has 1 rings (SSSR count). The maximum absolute atomic E-state index is 11.7. The van der Waals surface area contributed by atoms with Gasteiger partial charge in [0, 0.05) is 5.69 Å². The second kappa shape index (κ2) is 7.84. The first kappa shape index (κ1) is 15.6. The normalized spacial score (nSPS) is 10.2. The topological polar surface area (TPSA) is 66.4 Å². The van der Waals surface area contributed by atoms with Crippen LogP contribution in [0.4, 0.5) is 5.69 Å². The van der Waals surface area contributed by atoms with Crippen molar-refractivity contribution < 1.29 is 14.7 Å². The first-order valence-corrected chi connectivity index (χ1v) is 7.41.